The maximum absolute atomic E-state index is 12.7. The van der Waals surface area contributed by atoms with Crippen LogP contribution in [-0.4, -0.2) is 72.0 Å². The number of amides is 3. The number of nitrogens with one attached hydrogen (secondary N) is 1. The molecule has 9 nitrogen and oxygen atoms in total. The van der Waals surface area contributed by atoms with Gasteiger partial charge in [0.05, 0.1) is 12.6 Å². The highest BCUT2D eigenvalue weighted by Crippen LogP contribution is 2.20. The van der Waals surface area contributed by atoms with E-state index in [1.807, 2.05) is 30.3 Å². The van der Waals surface area contributed by atoms with Crippen molar-refractivity contribution in [3.05, 3.63) is 35.9 Å². The summed E-state index contributed by atoms with van der Waals surface area (Å²) in [6, 6.07) is 8.31. The highest BCUT2D eigenvalue weighted by molar-refractivity contribution is 5.88. The van der Waals surface area contributed by atoms with Gasteiger partial charge in [-0.25, -0.2) is 4.79 Å². The molecular weight excluding hydrogens is 390 g/mol. The van der Waals surface area contributed by atoms with Crippen LogP contribution in [0.3, 0.4) is 0 Å². The Labute approximate surface area is 175 Å². The van der Waals surface area contributed by atoms with Crippen LogP contribution in [0.15, 0.2) is 30.3 Å². The van der Waals surface area contributed by atoms with Crippen molar-refractivity contribution in [1.29, 1.82) is 0 Å². The first-order valence-electron chi connectivity index (χ1n) is 10.2. The number of nitrogens with zero attached hydrogens (tertiary/aromatic N) is 2. The molecular formula is C21H27N3O6. The van der Waals surface area contributed by atoms with Gasteiger partial charge in [-0.05, 0) is 25.3 Å². The SMILES string of the molecule is CCOC(=O)CN1C[C@@H](NC(=O)[C@@H]2CCCN2C(=O)OCc2ccccc2)CC1=O. The van der Waals surface area contributed by atoms with Crippen molar-refractivity contribution in [2.45, 2.75) is 44.9 Å². The Hall–Kier alpha value is -3.10. The number of likely N-dealkylation sites (tertiary alicyclic amines) is 2. The number of benzene rings is 1. The first-order chi connectivity index (χ1) is 14.5. The molecule has 162 valence electrons. The van der Waals surface area contributed by atoms with Gasteiger partial charge in [-0.2, -0.15) is 0 Å². The monoisotopic (exact) mass is 417 g/mol. The van der Waals surface area contributed by atoms with Gasteiger partial charge >= 0.3 is 12.1 Å². The number of carbonyl (C=O) groups excluding carboxylic acids is 4. The molecule has 2 saturated heterocycles. The summed E-state index contributed by atoms with van der Waals surface area (Å²) in [5.74, 6) is -0.986. The summed E-state index contributed by atoms with van der Waals surface area (Å²) in [5.41, 5.74) is 0.872. The molecule has 1 aromatic rings. The molecule has 1 N–H and O–H groups in total. The fourth-order valence-electron chi connectivity index (χ4n) is 3.74. The van der Waals surface area contributed by atoms with Crippen LogP contribution < -0.4 is 5.32 Å². The summed E-state index contributed by atoms with van der Waals surface area (Å²) in [7, 11) is 0. The first kappa shape index (κ1) is 21.6. The summed E-state index contributed by atoms with van der Waals surface area (Å²) >= 11 is 0. The van der Waals surface area contributed by atoms with E-state index in [4.69, 9.17) is 9.47 Å². The number of rotatable bonds is 7. The number of hydrogen-bond donors (Lipinski definition) is 1. The Morgan fingerprint density at radius 1 is 1.17 bits per heavy atom. The van der Waals surface area contributed by atoms with Crippen molar-refractivity contribution in [1.82, 2.24) is 15.1 Å². The number of esters is 1. The van der Waals surface area contributed by atoms with Crippen LogP contribution >= 0.6 is 0 Å². The molecule has 2 heterocycles. The predicted molar refractivity (Wildman–Crippen MR) is 106 cm³/mol. The Kier molecular flexibility index (Phi) is 7.26. The minimum Gasteiger partial charge on any atom is -0.465 e. The van der Waals surface area contributed by atoms with Crippen LogP contribution in [0.4, 0.5) is 4.79 Å². The average molecular weight is 417 g/mol. The normalized spacial score (nSPS) is 20.9. The van der Waals surface area contributed by atoms with Gasteiger partial charge in [0.2, 0.25) is 11.8 Å². The van der Waals surface area contributed by atoms with E-state index < -0.39 is 24.1 Å². The van der Waals surface area contributed by atoms with Gasteiger partial charge in [0.15, 0.2) is 0 Å². The summed E-state index contributed by atoms with van der Waals surface area (Å²) in [5, 5.41) is 2.84. The number of ether oxygens (including phenoxy) is 2. The maximum Gasteiger partial charge on any atom is 0.410 e. The first-order valence-corrected chi connectivity index (χ1v) is 10.2. The highest BCUT2D eigenvalue weighted by Gasteiger charge is 2.38. The third kappa shape index (κ3) is 5.49. The molecule has 3 rings (SSSR count). The fraction of sp³-hybridized carbons (Fsp3) is 0.524. The van der Waals surface area contributed by atoms with E-state index in [1.54, 1.807) is 6.92 Å². The van der Waals surface area contributed by atoms with Gasteiger partial charge in [-0.1, -0.05) is 30.3 Å². The Balaban J connectivity index is 1.50. The molecule has 0 radical (unpaired) electrons. The topological polar surface area (TPSA) is 105 Å². The van der Waals surface area contributed by atoms with Gasteiger partial charge in [-0.15, -0.1) is 0 Å². The molecule has 2 aliphatic rings. The smallest absolute Gasteiger partial charge is 0.410 e. The van der Waals surface area contributed by atoms with E-state index in [0.29, 0.717) is 19.4 Å². The van der Waals surface area contributed by atoms with Crippen LogP contribution in [-0.2, 0) is 30.5 Å². The van der Waals surface area contributed by atoms with Crippen LogP contribution in [0.5, 0.6) is 0 Å². The van der Waals surface area contributed by atoms with Gasteiger partial charge < -0.3 is 19.7 Å². The molecule has 0 aromatic heterocycles. The van der Waals surface area contributed by atoms with Crippen molar-refractivity contribution >= 4 is 23.9 Å². The zero-order chi connectivity index (χ0) is 21.5. The van der Waals surface area contributed by atoms with Gasteiger partial charge in [-0.3, -0.25) is 19.3 Å². The second-order valence-corrected chi connectivity index (χ2v) is 7.38. The lowest BCUT2D eigenvalue weighted by atomic mass is 10.2. The molecule has 2 aliphatic heterocycles. The second kappa shape index (κ2) is 10.1. The summed E-state index contributed by atoms with van der Waals surface area (Å²) in [4.78, 5) is 51.7. The molecule has 3 amide bonds. The summed E-state index contributed by atoms with van der Waals surface area (Å²) in [6.45, 7) is 2.66. The van der Waals surface area contributed by atoms with Crippen LogP contribution in [0.1, 0.15) is 31.7 Å². The minimum absolute atomic E-state index is 0.121. The van der Waals surface area contributed by atoms with Crippen molar-refractivity contribution in [2.24, 2.45) is 0 Å². The predicted octanol–water partition coefficient (Wildman–Crippen LogP) is 1.07. The van der Waals surface area contributed by atoms with Gasteiger partial charge in [0.25, 0.3) is 0 Å². The quantitative estimate of drug-likeness (QED) is 0.666. The van der Waals surface area contributed by atoms with E-state index in [9.17, 15) is 19.2 Å². The Bertz CT molecular complexity index is 784. The molecule has 0 aliphatic carbocycles. The lowest BCUT2D eigenvalue weighted by Gasteiger charge is -2.24. The largest absolute Gasteiger partial charge is 0.465 e. The number of hydrogen-bond acceptors (Lipinski definition) is 6. The van der Waals surface area contributed by atoms with Crippen LogP contribution in [0.2, 0.25) is 0 Å². The molecule has 0 unspecified atom stereocenters. The molecule has 1 aromatic carbocycles. The van der Waals surface area contributed by atoms with E-state index in [-0.39, 0.29) is 44.5 Å². The summed E-state index contributed by atoms with van der Waals surface area (Å²) < 4.78 is 10.2. The lowest BCUT2D eigenvalue weighted by Crippen LogP contribution is -2.49. The molecule has 30 heavy (non-hydrogen) atoms. The van der Waals surface area contributed by atoms with Gasteiger partial charge in [0.1, 0.15) is 19.2 Å². The molecule has 2 fully saturated rings. The molecule has 0 bridgehead atoms. The Morgan fingerprint density at radius 2 is 1.93 bits per heavy atom. The average Bonchev–Trinajstić information content (AvgIpc) is 3.34. The van der Waals surface area contributed by atoms with E-state index in [2.05, 4.69) is 5.32 Å². The lowest BCUT2D eigenvalue weighted by molar-refractivity contribution is -0.147. The van der Waals surface area contributed by atoms with Crippen molar-refractivity contribution in [3.8, 4) is 0 Å². The molecule has 0 saturated carbocycles. The maximum atomic E-state index is 12.7. The fourth-order valence-corrected chi connectivity index (χ4v) is 3.74. The number of carbonyl (C=O) groups is 4. The minimum atomic E-state index is -0.623. The zero-order valence-corrected chi connectivity index (χ0v) is 17.0. The molecule has 0 spiro atoms. The van der Waals surface area contributed by atoms with Crippen molar-refractivity contribution < 1.29 is 28.7 Å². The molecule has 2 atom stereocenters. The zero-order valence-electron chi connectivity index (χ0n) is 17.0. The second-order valence-electron chi connectivity index (χ2n) is 7.38. The third-order valence-electron chi connectivity index (χ3n) is 5.18. The molecule has 9 heteroatoms. The Morgan fingerprint density at radius 3 is 2.67 bits per heavy atom. The highest BCUT2D eigenvalue weighted by atomic mass is 16.6. The van der Waals surface area contributed by atoms with E-state index >= 15 is 0 Å². The third-order valence-corrected chi connectivity index (χ3v) is 5.18. The van der Waals surface area contributed by atoms with Gasteiger partial charge in [0, 0.05) is 19.5 Å². The standard InChI is InChI=1S/C21H27N3O6/c1-2-29-19(26)13-23-12-16(11-18(23)25)22-20(27)17-9-6-10-24(17)21(28)30-14-15-7-4-3-5-8-15/h3-5,7-8,16-17H,2,6,9-14H2,1H3,(H,22,27)/t16-,17-/m0/s1. The van der Waals surface area contributed by atoms with Crippen LogP contribution in [0, 0.1) is 0 Å². The van der Waals surface area contributed by atoms with E-state index in [1.165, 1.54) is 9.80 Å². The van der Waals surface area contributed by atoms with E-state index in [0.717, 1.165) is 5.56 Å². The van der Waals surface area contributed by atoms with Crippen LogP contribution in [0.25, 0.3) is 0 Å². The van der Waals surface area contributed by atoms with Crippen molar-refractivity contribution in [3.63, 3.8) is 0 Å². The van der Waals surface area contributed by atoms with Crippen molar-refractivity contribution in [2.75, 3.05) is 26.2 Å². The summed E-state index contributed by atoms with van der Waals surface area (Å²) in [6.07, 6.45) is 0.843.